The first-order valence-corrected chi connectivity index (χ1v) is 11.0. The molecule has 1 saturated heterocycles. The molecule has 1 aliphatic heterocycles. The number of ether oxygens (including phenoxy) is 1. The lowest BCUT2D eigenvalue weighted by Gasteiger charge is -2.39. The molecule has 2 N–H and O–H groups in total. The Balaban J connectivity index is 1.59. The van der Waals surface area contributed by atoms with E-state index in [-0.39, 0.29) is 6.03 Å². The molecule has 1 aliphatic rings. The fraction of sp³-hybridized carbons (Fsp3) is 0.480. The Morgan fingerprint density at radius 2 is 1.77 bits per heavy atom. The molecule has 1 heterocycles. The first-order valence-electron chi connectivity index (χ1n) is 11.0. The Morgan fingerprint density at radius 3 is 2.40 bits per heavy atom. The molecule has 2 aromatic rings. The monoisotopic (exact) mass is 410 g/mol. The third kappa shape index (κ3) is 5.76. The molecule has 0 radical (unpaired) electrons. The Labute approximate surface area is 180 Å². The van der Waals surface area contributed by atoms with Crippen molar-refractivity contribution in [1.82, 2.24) is 4.90 Å². The molecular formula is C25H34N2O3. The summed E-state index contributed by atoms with van der Waals surface area (Å²) in [7, 11) is 0. The van der Waals surface area contributed by atoms with E-state index < -0.39 is 5.60 Å². The second-order valence-corrected chi connectivity index (χ2v) is 8.42. The summed E-state index contributed by atoms with van der Waals surface area (Å²) in [5.41, 5.74) is 1.07. The second kappa shape index (κ2) is 9.98. The maximum atomic E-state index is 12.8. The van der Waals surface area contributed by atoms with Crippen LogP contribution < -0.4 is 10.1 Å². The van der Waals surface area contributed by atoms with Crippen LogP contribution in [0.2, 0.25) is 0 Å². The molecular weight excluding hydrogens is 376 g/mol. The largest absolute Gasteiger partial charge is 0.457 e. The van der Waals surface area contributed by atoms with E-state index in [0.717, 1.165) is 36.3 Å². The highest BCUT2D eigenvalue weighted by atomic mass is 16.5. The number of aryl methyl sites for hydroxylation is 1. The van der Waals surface area contributed by atoms with Gasteiger partial charge < -0.3 is 20.1 Å². The summed E-state index contributed by atoms with van der Waals surface area (Å²) in [5, 5.41) is 14.0. The van der Waals surface area contributed by atoms with E-state index >= 15 is 0 Å². The highest BCUT2D eigenvalue weighted by Gasteiger charge is 2.35. The summed E-state index contributed by atoms with van der Waals surface area (Å²) in [5.74, 6) is 1.98. The summed E-state index contributed by atoms with van der Waals surface area (Å²) in [6, 6.07) is 15.2. The third-order valence-electron chi connectivity index (χ3n) is 6.23. The van der Waals surface area contributed by atoms with Gasteiger partial charge in [-0.1, -0.05) is 51.0 Å². The number of likely N-dealkylation sites (tertiary alicyclic amines) is 1. The number of benzene rings is 2. The van der Waals surface area contributed by atoms with Gasteiger partial charge in [0.05, 0.1) is 5.60 Å². The number of piperidine rings is 1. The number of nitrogens with one attached hydrogen (secondary N) is 1. The van der Waals surface area contributed by atoms with E-state index in [2.05, 4.69) is 19.2 Å². The van der Waals surface area contributed by atoms with Crippen LogP contribution in [0.1, 0.15) is 51.5 Å². The van der Waals surface area contributed by atoms with Crippen molar-refractivity contribution in [2.24, 2.45) is 5.92 Å². The number of nitrogens with zero attached hydrogens (tertiary/aromatic N) is 1. The summed E-state index contributed by atoms with van der Waals surface area (Å²) < 4.78 is 5.89. The number of para-hydroxylation sites is 1. The van der Waals surface area contributed by atoms with Crippen molar-refractivity contribution in [2.75, 3.05) is 18.4 Å². The molecule has 3 rings (SSSR count). The van der Waals surface area contributed by atoms with Crippen molar-refractivity contribution in [3.8, 4) is 11.5 Å². The lowest BCUT2D eigenvalue weighted by molar-refractivity contribution is -0.0309. The first kappa shape index (κ1) is 22.2. The number of hydrogen-bond donors (Lipinski definition) is 2. The van der Waals surface area contributed by atoms with Crippen LogP contribution >= 0.6 is 0 Å². The standard InChI is InChI=1S/C25H34N2O3/c1-4-20(5-2)18-25(29)13-15-27(16-14-25)24(28)26-23-17-22(12-11-19(23)3)30-21-9-7-6-8-10-21/h6-12,17,20,29H,4-5,13-16,18H2,1-3H3,(H,26,28). The molecule has 5 nitrogen and oxygen atoms in total. The van der Waals surface area contributed by atoms with E-state index in [1.54, 1.807) is 4.90 Å². The highest BCUT2D eigenvalue weighted by molar-refractivity contribution is 5.90. The van der Waals surface area contributed by atoms with Gasteiger partial charge in [0.1, 0.15) is 11.5 Å². The average Bonchev–Trinajstić information content (AvgIpc) is 2.75. The summed E-state index contributed by atoms with van der Waals surface area (Å²) in [6.45, 7) is 7.46. The number of amides is 2. The maximum absolute atomic E-state index is 12.8. The lowest BCUT2D eigenvalue weighted by atomic mass is 9.81. The zero-order valence-corrected chi connectivity index (χ0v) is 18.4. The predicted octanol–water partition coefficient (Wildman–Crippen LogP) is 5.97. The van der Waals surface area contributed by atoms with Crippen molar-refractivity contribution in [1.29, 1.82) is 0 Å². The van der Waals surface area contributed by atoms with E-state index in [0.29, 0.717) is 37.6 Å². The predicted molar refractivity (Wildman–Crippen MR) is 121 cm³/mol. The number of aliphatic hydroxyl groups is 1. The van der Waals surface area contributed by atoms with Gasteiger partial charge in [0.2, 0.25) is 0 Å². The SMILES string of the molecule is CCC(CC)CC1(O)CCN(C(=O)Nc2cc(Oc3ccccc3)ccc2C)CC1. The minimum absolute atomic E-state index is 0.125. The average molecular weight is 411 g/mol. The van der Waals surface area contributed by atoms with Crippen LogP contribution in [-0.2, 0) is 0 Å². The number of anilines is 1. The minimum atomic E-state index is -0.646. The Bertz CT molecular complexity index is 826. The lowest BCUT2D eigenvalue weighted by Crippen LogP contribution is -2.48. The van der Waals surface area contributed by atoms with Crippen LogP contribution in [0.3, 0.4) is 0 Å². The molecule has 0 aromatic heterocycles. The molecule has 30 heavy (non-hydrogen) atoms. The van der Waals surface area contributed by atoms with E-state index in [4.69, 9.17) is 4.74 Å². The van der Waals surface area contributed by atoms with Crippen molar-refractivity contribution in [3.63, 3.8) is 0 Å². The summed E-state index contributed by atoms with van der Waals surface area (Å²) >= 11 is 0. The van der Waals surface area contributed by atoms with Crippen molar-refractivity contribution >= 4 is 11.7 Å². The molecule has 0 aliphatic carbocycles. The van der Waals surface area contributed by atoms with Gasteiger partial charge in [-0.2, -0.15) is 0 Å². The zero-order valence-electron chi connectivity index (χ0n) is 18.4. The number of carbonyl (C=O) groups is 1. The minimum Gasteiger partial charge on any atom is -0.457 e. The summed E-state index contributed by atoms with van der Waals surface area (Å²) in [4.78, 5) is 14.6. The van der Waals surface area contributed by atoms with Gasteiger partial charge in [0.25, 0.3) is 0 Å². The molecule has 0 unspecified atom stereocenters. The fourth-order valence-electron chi connectivity index (χ4n) is 4.06. The van der Waals surface area contributed by atoms with Crippen LogP contribution in [-0.4, -0.2) is 34.7 Å². The molecule has 0 atom stereocenters. The third-order valence-corrected chi connectivity index (χ3v) is 6.23. The number of hydrogen-bond acceptors (Lipinski definition) is 3. The Hall–Kier alpha value is -2.53. The van der Waals surface area contributed by atoms with Gasteiger partial charge in [0, 0.05) is 24.8 Å². The van der Waals surface area contributed by atoms with Crippen molar-refractivity contribution < 1.29 is 14.6 Å². The van der Waals surface area contributed by atoms with Crippen molar-refractivity contribution in [3.05, 3.63) is 54.1 Å². The van der Waals surface area contributed by atoms with Crippen LogP contribution in [0.5, 0.6) is 11.5 Å². The maximum Gasteiger partial charge on any atom is 0.321 e. The quantitative estimate of drug-likeness (QED) is 0.591. The molecule has 2 aromatic carbocycles. The zero-order chi connectivity index (χ0) is 21.6. The van der Waals surface area contributed by atoms with Gasteiger partial charge in [-0.3, -0.25) is 0 Å². The van der Waals surface area contributed by atoms with E-state index in [9.17, 15) is 9.90 Å². The Morgan fingerprint density at radius 1 is 1.10 bits per heavy atom. The van der Waals surface area contributed by atoms with E-state index in [1.165, 1.54) is 0 Å². The number of rotatable bonds is 7. The Kier molecular flexibility index (Phi) is 7.38. The van der Waals surface area contributed by atoms with Gasteiger partial charge in [-0.05, 0) is 55.9 Å². The molecule has 1 fully saturated rings. The topological polar surface area (TPSA) is 61.8 Å². The van der Waals surface area contributed by atoms with Crippen LogP contribution in [0.25, 0.3) is 0 Å². The molecule has 162 valence electrons. The molecule has 2 amide bonds. The van der Waals surface area contributed by atoms with Crippen LogP contribution in [0.4, 0.5) is 10.5 Å². The molecule has 0 spiro atoms. The van der Waals surface area contributed by atoms with Gasteiger partial charge >= 0.3 is 6.03 Å². The summed E-state index contributed by atoms with van der Waals surface area (Å²) in [6.07, 6.45) is 4.26. The van der Waals surface area contributed by atoms with E-state index in [1.807, 2.05) is 55.5 Å². The highest BCUT2D eigenvalue weighted by Crippen LogP contribution is 2.32. The first-order chi connectivity index (χ1) is 14.4. The molecule has 0 bridgehead atoms. The normalized spacial score (nSPS) is 15.8. The van der Waals surface area contributed by atoms with Crippen LogP contribution in [0.15, 0.2) is 48.5 Å². The van der Waals surface area contributed by atoms with Gasteiger partial charge in [-0.15, -0.1) is 0 Å². The number of urea groups is 1. The van der Waals surface area contributed by atoms with Crippen molar-refractivity contribution in [2.45, 2.75) is 58.5 Å². The van der Waals surface area contributed by atoms with Gasteiger partial charge in [-0.25, -0.2) is 4.79 Å². The van der Waals surface area contributed by atoms with Crippen LogP contribution in [0, 0.1) is 12.8 Å². The fourth-order valence-corrected chi connectivity index (χ4v) is 4.06. The van der Waals surface area contributed by atoms with Gasteiger partial charge in [0.15, 0.2) is 0 Å². The molecule has 0 saturated carbocycles. The number of carbonyl (C=O) groups excluding carboxylic acids is 1. The second-order valence-electron chi connectivity index (χ2n) is 8.42. The molecule has 5 heteroatoms. The smallest absolute Gasteiger partial charge is 0.321 e.